The lowest BCUT2D eigenvalue weighted by Crippen LogP contribution is -2.25. The number of carbonyl (C=O) groups excluding carboxylic acids is 1. The Labute approximate surface area is 206 Å². The maximum atomic E-state index is 13.1. The average molecular weight is 586 g/mol. The number of nitrogens with zero attached hydrogens (tertiary/aromatic N) is 3. The molecule has 0 unspecified atom stereocenters. The van der Waals surface area contributed by atoms with Gasteiger partial charge in [0.25, 0.3) is 5.56 Å². The Hall–Kier alpha value is -2.23. The Bertz CT molecular complexity index is 1240. The summed E-state index contributed by atoms with van der Waals surface area (Å²) < 4.78 is 12.9. The molecule has 1 heterocycles. The van der Waals surface area contributed by atoms with Gasteiger partial charge in [0.15, 0.2) is 11.9 Å². The smallest absolute Gasteiger partial charge is 0.346 e. The zero-order valence-corrected chi connectivity index (χ0v) is 21.5. The Morgan fingerprint density at radius 3 is 2.72 bits per heavy atom. The van der Waals surface area contributed by atoms with Crippen molar-refractivity contribution < 1.29 is 14.3 Å². The summed E-state index contributed by atoms with van der Waals surface area (Å²) in [4.78, 5) is 29.3. The molecule has 0 fully saturated rings. The minimum Gasteiger partial charge on any atom is -0.476 e. The lowest BCUT2D eigenvalue weighted by molar-refractivity contribution is -0.147. The molecule has 0 spiro atoms. The summed E-state index contributed by atoms with van der Waals surface area (Å²) in [5.74, 6) is 0.361. The molecule has 7 nitrogen and oxygen atoms in total. The lowest BCUT2D eigenvalue weighted by atomic mass is 10.2. The van der Waals surface area contributed by atoms with Crippen LogP contribution in [0.5, 0.6) is 5.75 Å². The van der Waals surface area contributed by atoms with E-state index < -0.39 is 12.1 Å². The quantitative estimate of drug-likeness (QED) is 0.276. The van der Waals surface area contributed by atoms with Gasteiger partial charge in [0.1, 0.15) is 5.82 Å². The molecule has 0 aliphatic rings. The predicted octanol–water partition coefficient (Wildman–Crippen LogP) is 5.35. The molecule has 3 aromatic rings. The van der Waals surface area contributed by atoms with Gasteiger partial charge in [-0.05, 0) is 65.2 Å². The summed E-state index contributed by atoms with van der Waals surface area (Å²) in [6.07, 6.45) is 2.11. The zero-order valence-electron chi connectivity index (χ0n) is 17.6. The second kappa shape index (κ2) is 10.6. The van der Waals surface area contributed by atoms with Crippen molar-refractivity contribution in [1.29, 1.82) is 0 Å². The van der Waals surface area contributed by atoms with Crippen LogP contribution in [0.2, 0.25) is 5.02 Å². The number of hydrogen-bond donors (Lipinski definition) is 0. The van der Waals surface area contributed by atoms with Gasteiger partial charge in [-0.25, -0.2) is 9.78 Å². The summed E-state index contributed by atoms with van der Waals surface area (Å²) in [5.41, 5.74) is 0.997. The lowest BCUT2D eigenvalue weighted by Gasteiger charge is -2.15. The molecule has 0 aliphatic carbocycles. The molecule has 2 aromatic carbocycles. The van der Waals surface area contributed by atoms with Gasteiger partial charge in [-0.2, -0.15) is 9.78 Å². The number of esters is 1. The number of benzene rings is 2. The largest absolute Gasteiger partial charge is 0.476 e. The summed E-state index contributed by atoms with van der Waals surface area (Å²) in [6.45, 7) is 3.58. The predicted molar refractivity (Wildman–Crippen MR) is 132 cm³/mol. The van der Waals surface area contributed by atoms with E-state index in [0.717, 1.165) is 10.9 Å². The molecule has 0 N–H and O–H groups in total. The first-order chi connectivity index (χ1) is 15.2. The van der Waals surface area contributed by atoms with Crippen LogP contribution in [0.15, 0.2) is 49.2 Å². The summed E-state index contributed by atoms with van der Waals surface area (Å²) >= 11 is 13.2. The highest BCUT2D eigenvalue weighted by molar-refractivity contribution is 9.10. The standard InChI is InChI=1S/C22H20Br2ClN3O4/c1-4-5-19-27-18-7-6-14(23)10-15(18)21(29)28(19)26-11-13-8-16(24)20(17(25)9-13)32-12(2)22(30)31-3/h6-12H,4-5H2,1-3H3/t12-/m1/s1. The van der Waals surface area contributed by atoms with Gasteiger partial charge in [-0.15, -0.1) is 0 Å². The van der Waals surface area contributed by atoms with Crippen LogP contribution in [0.4, 0.5) is 0 Å². The molecule has 0 saturated carbocycles. The van der Waals surface area contributed by atoms with Crippen LogP contribution >= 0.6 is 43.5 Å². The first-order valence-electron chi connectivity index (χ1n) is 9.74. The van der Waals surface area contributed by atoms with Gasteiger partial charge in [0.05, 0.1) is 33.7 Å². The number of methoxy groups -OCH3 is 1. The monoisotopic (exact) mass is 583 g/mol. The Morgan fingerprint density at radius 2 is 2.06 bits per heavy atom. The molecule has 0 aliphatic heterocycles. The van der Waals surface area contributed by atoms with Crippen LogP contribution < -0.4 is 10.3 Å². The molecule has 1 atom stereocenters. The van der Waals surface area contributed by atoms with E-state index in [1.54, 1.807) is 31.2 Å². The number of carbonyl (C=O) groups is 1. The first kappa shape index (κ1) is 24.4. The number of aromatic nitrogens is 2. The third-order valence-electron chi connectivity index (χ3n) is 4.52. The highest BCUT2D eigenvalue weighted by Gasteiger charge is 2.19. The third kappa shape index (κ3) is 5.39. The van der Waals surface area contributed by atoms with E-state index in [-0.39, 0.29) is 10.6 Å². The Balaban J connectivity index is 2.00. The molecule has 3 rings (SSSR count). The van der Waals surface area contributed by atoms with Crippen molar-refractivity contribution in [2.75, 3.05) is 7.11 Å². The molecular weight excluding hydrogens is 566 g/mol. The highest BCUT2D eigenvalue weighted by atomic mass is 79.9. The van der Waals surface area contributed by atoms with Gasteiger partial charge in [0, 0.05) is 10.9 Å². The van der Waals surface area contributed by atoms with E-state index >= 15 is 0 Å². The van der Waals surface area contributed by atoms with Crippen molar-refractivity contribution in [1.82, 2.24) is 9.66 Å². The molecule has 10 heteroatoms. The number of ether oxygens (including phenoxy) is 2. The van der Waals surface area contributed by atoms with Crippen molar-refractivity contribution in [2.24, 2.45) is 5.10 Å². The fourth-order valence-corrected chi connectivity index (χ4v) is 4.30. The molecule has 0 bridgehead atoms. The Morgan fingerprint density at radius 1 is 1.31 bits per heavy atom. The first-order valence-corrected chi connectivity index (χ1v) is 11.7. The van der Waals surface area contributed by atoms with E-state index in [4.69, 9.17) is 16.3 Å². The topological polar surface area (TPSA) is 82.8 Å². The zero-order chi connectivity index (χ0) is 23.4. The molecular formula is C22H20Br2ClN3O4. The summed E-state index contributed by atoms with van der Waals surface area (Å²) in [5, 5.41) is 5.14. The van der Waals surface area contributed by atoms with E-state index in [2.05, 4.69) is 46.7 Å². The fourth-order valence-electron chi connectivity index (χ4n) is 2.98. The molecule has 0 amide bonds. The van der Waals surface area contributed by atoms with Crippen LogP contribution in [-0.2, 0) is 16.0 Å². The number of aryl methyl sites for hydroxylation is 1. The average Bonchev–Trinajstić information content (AvgIpc) is 2.76. The van der Waals surface area contributed by atoms with Crippen molar-refractivity contribution >= 4 is 66.5 Å². The number of halogens is 3. The van der Waals surface area contributed by atoms with Crippen molar-refractivity contribution in [3.63, 3.8) is 0 Å². The third-order valence-corrected chi connectivity index (χ3v) is 5.88. The van der Waals surface area contributed by atoms with Crippen molar-refractivity contribution in [2.45, 2.75) is 32.8 Å². The highest BCUT2D eigenvalue weighted by Crippen LogP contribution is 2.35. The normalized spacial score (nSPS) is 12.3. The van der Waals surface area contributed by atoms with Crippen LogP contribution in [0.1, 0.15) is 31.7 Å². The second-order valence-corrected chi connectivity index (χ2v) is 9.08. The van der Waals surface area contributed by atoms with Crippen LogP contribution in [0.25, 0.3) is 10.9 Å². The summed E-state index contributed by atoms with van der Waals surface area (Å²) in [6, 6.07) is 8.74. The molecule has 0 radical (unpaired) electrons. The van der Waals surface area contributed by atoms with Gasteiger partial charge in [-0.1, -0.05) is 34.5 Å². The van der Waals surface area contributed by atoms with E-state index in [9.17, 15) is 9.59 Å². The van der Waals surface area contributed by atoms with Crippen molar-refractivity contribution in [3.8, 4) is 5.75 Å². The molecule has 168 valence electrons. The molecule has 1 aromatic heterocycles. The van der Waals surface area contributed by atoms with Crippen LogP contribution in [0, 0.1) is 0 Å². The van der Waals surface area contributed by atoms with Gasteiger partial charge >= 0.3 is 5.97 Å². The van der Waals surface area contributed by atoms with E-state index in [1.807, 2.05) is 13.0 Å². The number of hydrogen-bond acceptors (Lipinski definition) is 6. The number of fused-ring (bicyclic) bond motifs is 1. The SMILES string of the molecule is CCCc1nc2ccc(Br)cc2c(=O)n1N=Cc1cc(Cl)c(O[C@H](C)C(=O)OC)c(Br)c1. The van der Waals surface area contributed by atoms with E-state index in [1.165, 1.54) is 18.0 Å². The minimum absolute atomic E-state index is 0.256. The van der Waals surface area contributed by atoms with Gasteiger partial charge < -0.3 is 9.47 Å². The van der Waals surface area contributed by atoms with Gasteiger partial charge in [-0.3, -0.25) is 4.79 Å². The summed E-state index contributed by atoms with van der Waals surface area (Å²) in [7, 11) is 1.29. The molecule has 0 saturated heterocycles. The Kier molecular flexibility index (Phi) is 8.08. The maximum absolute atomic E-state index is 13.1. The van der Waals surface area contributed by atoms with E-state index in [0.29, 0.717) is 38.9 Å². The fraction of sp³-hybridized carbons (Fsp3) is 0.273. The van der Waals surface area contributed by atoms with Crippen LogP contribution in [-0.4, -0.2) is 35.1 Å². The molecule has 32 heavy (non-hydrogen) atoms. The maximum Gasteiger partial charge on any atom is 0.346 e. The van der Waals surface area contributed by atoms with Crippen LogP contribution in [0.3, 0.4) is 0 Å². The van der Waals surface area contributed by atoms with Gasteiger partial charge in [0.2, 0.25) is 0 Å². The second-order valence-electron chi connectivity index (χ2n) is 6.90. The van der Waals surface area contributed by atoms with Crippen molar-refractivity contribution in [3.05, 3.63) is 66.0 Å². The number of rotatable bonds is 7. The minimum atomic E-state index is -0.827.